The zero-order valence-corrected chi connectivity index (χ0v) is 8.44. The molecule has 0 aliphatic carbocycles. The Balaban J connectivity index is 3.22. The van der Waals surface area contributed by atoms with Gasteiger partial charge in [-0.3, -0.25) is 0 Å². The van der Waals surface area contributed by atoms with Gasteiger partial charge in [0.25, 0.3) is 0 Å². The topological polar surface area (TPSA) is 60.8 Å². The van der Waals surface area contributed by atoms with Gasteiger partial charge in [0, 0.05) is 25.3 Å². The van der Waals surface area contributed by atoms with Gasteiger partial charge in [-0.1, -0.05) is 6.07 Å². The van der Waals surface area contributed by atoms with Crippen molar-refractivity contribution in [2.24, 2.45) is 0 Å². The average Bonchev–Trinajstić information content (AvgIpc) is 2.16. The van der Waals surface area contributed by atoms with Crippen LogP contribution < -0.4 is 4.90 Å². The minimum atomic E-state index is -1.64. The van der Waals surface area contributed by atoms with Gasteiger partial charge in [-0.15, -0.1) is 0 Å². The second kappa shape index (κ2) is 4.27. The van der Waals surface area contributed by atoms with Crippen LogP contribution in [0.2, 0.25) is 0 Å². The smallest absolute Gasteiger partial charge is 0.337 e. The fourth-order valence-electron chi connectivity index (χ4n) is 1.27. The molecular formula is C10H12FNO3. The minimum absolute atomic E-state index is 0.175. The maximum atomic E-state index is 12.9. The van der Waals surface area contributed by atoms with Gasteiger partial charge < -0.3 is 15.1 Å². The molecule has 0 saturated carbocycles. The van der Waals surface area contributed by atoms with Crippen molar-refractivity contribution < 1.29 is 19.4 Å². The molecule has 1 aromatic carbocycles. The van der Waals surface area contributed by atoms with Crippen LogP contribution in [0.1, 0.15) is 11.7 Å². The van der Waals surface area contributed by atoms with Crippen molar-refractivity contribution in [3.8, 4) is 0 Å². The van der Waals surface area contributed by atoms with E-state index in [0.717, 1.165) is 6.07 Å². The van der Waals surface area contributed by atoms with Crippen LogP contribution in [0.5, 0.6) is 0 Å². The number of aliphatic hydroxyl groups is 1. The molecule has 1 unspecified atom stereocenters. The lowest BCUT2D eigenvalue weighted by Crippen LogP contribution is -2.17. The van der Waals surface area contributed by atoms with Gasteiger partial charge in [0.15, 0.2) is 6.10 Å². The molecule has 0 radical (unpaired) electrons. The molecule has 15 heavy (non-hydrogen) atoms. The van der Waals surface area contributed by atoms with E-state index in [-0.39, 0.29) is 5.56 Å². The number of hydrogen-bond acceptors (Lipinski definition) is 3. The fraction of sp³-hybridized carbons (Fsp3) is 0.300. The van der Waals surface area contributed by atoms with E-state index < -0.39 is 17.9 Å². The summed E-state index contributed by atoms with van der Waals surface area (Å²) in [6.45, 7) is 0. The highest BCUT2D eigenvalue weighted by Crippen LogP contribution is 2.26. The van der Waals surface area contributed by atoms with Gasteiger partial charge in [0.05, 0.1) is 0 Å². The van der Waals surface area contributed by atoms with Crippen LogP contribution in [0.15, 0.2) is 18.2 Å². The van der Waals surface area contributed by atoms with Crippen molar-refractivity contribution in [2.45, 2.75) is 6.10 Å². The summed E-state index contributed by atoms with van der Waals surface area (Å²) >= 11 is 0. The number of hydrogen-bond donors (Lipinski definition) is 2. The molecule has 1 atom stereocenters. The summed E-state index contributed by atoms with van der Waals surface area (Å²) in [4.78, 5) is 12.1. The Bertz CT molecular complexity index is 379. The van der Waals surface area contributed by atoms with E-state index in [4.69, 9.17) is 5.11 Å². The van der Waals surface area contributed by atoms with Gasteiger partial charge in [0.2, 0.25) is 0 Å². The van der Waals surface area contributed by atoms with Gasteiger partial charge in [-0.2, -0.15) is 0 Å². The van der Waals surface area contributed by atoms with Crippen LogP contribution in [0.25, 0.3) is 0 Å². The maximum Gasteiger partial charge on any atom is 0.337 e. The van der Waals surface area contributed by atoms with Crippen LogP contribution in [0.3, 0.4) is 0 Å². The van der Waals surface area contributed by atoms with Crippen LogP contribution in [-0.4, -0.2) is 30.3 Å². The summed E-state index contributed by atoms with van der Waals surface area (Å²) in [5.74, 6) is -1.83. The van der Waals surface area contributed by atoms with E-state index in [1.54, 1.807) is 19.0 Å². The first-order valence-corrected chi connectivity index (χ1v) is 4.31. The van der Waals surface area contributed by atoms with E-state index in [1.165, 1.54) is 12.1 Å². The van der Waals surface area contributed by atoms with Gasteiger partial charge >= 0.3 is 5.97 Å². The molecule has 5 heteroatoms. The third kappa shape index (κ3) is 2.44. The lowest BCUT2D eigenvalue weighted by molar-refractivity contribution is -0.146. The summed E-state index contributed by atoms with van der Waals surface area (Å²) in [6.07, 6.45) is -1.64. The molecule has 0 heterocycles. The normalized spacial score (nSPS) is 12.3. The fourth-order valence-corrected chi connectivity index (χ4v) is 1.27. The predicted octanol–water partition coefficient (Wildman–Crippen LogP) is 1.01. The highest BCUT2D eigenvalue weighted by molar-refractivity contribution is 5.77. The van der Waals surface area contributed by atoms with Crippen molar-refractivity contribution in [3.05, 3.63) is 29.6 Å². The zero-order valence-electron chi connectivity index (χ0n) is 8.44. The molecule has 2 N–H and O–H groups in total. The first-order valence-electron chi connectivity index (χ1n) is 4.31. The van der Waals surface area contributed by atoms with Crippen molar-refractivity contribution >= 4 is 11.7 Å². The van der Waals surface area contributed by atoms with Crippen molar-refractivity contribution in [1.29, 1.82) is 0 Å². The van der Waals surface area contributed by atoms with Crippen LogP contribution >= 0.6 is 0 Å². The molecular weight excluding hydrogens is 201 g/mol. The second-order valence-corrected chi connectivity index (χ2v) is 3.34. The molecule has 0 aliphatic heterocycles. The molecule has 0 spiro atoms. The van der Waals surface area contributed by atoms with Gasteiger partial charge in [0.1, 0.15) is 5.82 Å². The third-order valence-corrected chi connectivity index (χ3v) is 2.00. The molecule has 1 rings (SSSR count). The number of aliphatic carboxylic acids is 1. The number of aliphatic hydroxyl groups excluding tert-OH is 1. The Morgan fingerprint density at radius 3 is 2.53 bits per heavy atom. The monoisotopic (exact) mass is 213 g/mol. The SMILES string of the molecule is CN(C)c1cc(F)ccc1C(O)C(=O)O. The first-order chi connectivity index (χ1) is 6.93. The predicted molar refractivity (Wildman–Crippen MR) is 53.3 cm³/mol. The molecule has 0 saturated heterocycles. The molecule has 0 fully saturated rings. The minimum Gasteiger partial charge on any atom is -0.479 e. The van der Waals surface area contributed by atoms with Crippen molar-refractivity contribution in [3.63, 3.8) is 0 Å². The second-order valence-electron chi connectivity index (χ2n) is 3.34. The summed E-state index contributed by atoms with van der Waals surface area (Å²) in [6, 6.07) is 3.57. The molecule has 4 nitrogen and oxygen atoms in total. The average molecular weight is 213 g/mol. The zero-order chi connectivity index (χ0) is 11.6. The lowest BCUT2D eigenvalue weighted by atomic mass is 10.1. The number of anilines is 1. The summed E-state index contributed by atoms with van der Waals surface area (Å²) in [5.41, 5.74) is 0.527. The number of carboxylic acid groups (broad SMARTS) is 1. The molecule has 1 aromatic rings. The summed E-state index contributed by atoms with van der Waals surface area (Å²) in [5, 5.41) is 18.0. The van der Waals surface area contributed by atoms with Crippen molar-refractivity contribution in [1.82, 2.24) is 0 Å². The van der Waals surface area contributed by atoms with Crippen LogP contribution in [0, 0.1) is 5.82 Å². The number of halogens is 1. The quantitative estimate of drug-likeness (QED) is 0.786. The van der Waals surface area contributed by atoms with Crippen molar-refractivity contribution in [2.75, 3.05) is 19.0 Å². The van der Waals surface area contributed by atoms with Gasteiger partial charge in [-0.05, 0) is 12.1 Å². The molecule has 0 aliphatic rings. The third-order valence-electron chi connectivity index (χ3n) is 2.00. The van der Waals surface area contributed by atoms with Gasteiger partial charge in [-0.25, -0.2) is 9.18 Å². The Morgan fingerprint density at radius 2 is 2.07 bits per heavy atom. The number of rotatable bonds is 3. The molecule has 0 bridgehead atoms. The summed E-state index contributed by atoms with van der Waals surface area (Å²) < 4.78 is 12.9. The Labute approximate surface area is 86.6 Å². The standard InChI is InChI=1S/C10H12FNO3/c1-12(2)8-5-6(11)3-4-7(8)9(13)10(14)15/h3-5,9,13H,1-2H3,(H,14,15). The van der Waals surface area contributed by atoms with E-state index >= 15 is 0 Å². The summed E-state index contributed by atoms with van der Waals surface area (Å²) in [7, 11) is 3.29. The Morgan fingerprint density at radius 1 is 1.47 bits per heavy atom. The Hall–Kier alpha value is -1.62. The molecule has 0 amide bonds. The number of carboxylic acids is 1. The molecule has 0 aromatic heterocycles. The first kappa shape index (κ1) is 11.5. The highest BCUT2D eigenvalue weighted by atomic mass is 19.1. The maximum absolute atomic E-state index is 12.9. The van der Waals surface area contributed by atoms with Crippen LogP contribution in [0.4, 0.5) is 10.1 Å². The van der Waals surface area contributed by atoms with E-state index in [1.807, 2.05) is 0 Å². The number of carbonyl (C=O) groups is 1. The number of nitrogens with zero attached hydrogens (tertiary/aromatic N) is 1. The van der Waals surface area contributed by atoms with Crippen LogP contribution in [-0.2, 0) is 4.79 Å². The van der Waals surface area contributed by atoms with E-state index in [2.05, 4.69) is 0 Å². The Kier molecular flexibility index (Phi) is 3.26. The van der Waals surface area contributed by atoms with E-state index in [0.29, 0.717) is 5.69 Å². The lowest BCUT2D eigenvalue weighted by Gasteiger charge is -2.19. The largest absolute Gasteiger partial charge is 0.479 e. The van der Waals surface area contributed by atoms with E-state index in [9.17, 15) is 14.3 Å². The highest BCUT2D eigenvalue weighted by Gasteiger charge is 2.20. The number of benzene rings is 1. The molecule has 82 valence electrons.